The molecule has 0 unspecified atom stereocenters. The molecule has 1 rings (SSSR count). The fourth-order valence-electron chi connectivity index (χ4n) is 0.864. The van der Waals surface area contributed by atoms with Gasteiger partial charge in [0.15, 0.2) is 11.6 Å². The number of halogens is 2. The molecule has 0 atom stereocenters. The van der Waals surface area contributed by atoms with Crippen molar-refractivity contribution in [2.75, 3.05) is 13.2 Å². The van der Waals surface area contributed by atoms with E-state index in [9.17, 15) is 8.78 Å². The Balaban J connectivity index is 2.41. The van der Waals surface area contributed by atoms with Crippen molar-refractivity contribution >= 4 is 5.84 Å². The normalized spacial score (nSPS) is 11.8. The second-order valence-corrected chi connectivity index (χ2v) is 2.71. The van der Waals surface area contributed by atoms with E-state index < -0.39 is 6.61 Å². The Bertz CT molecular complexity index is 372. The highest BCUT2D eigenvalue weighted by Gasteiger charge is 2.04. The summed E-state index contributed by atoms with van der Waals surface area (Å²) < 4.78 is 32.1. The number of amidine groups is 1. The van der Waals surface area contributed by atoms with Crippen LogP contribution in [0.5, 0.6) is 5.75 Å². The molecule has 0 amide bonds. The van der Waals surface area contributed by atoms with E-state index in [0.29, 0.717) is 0 Å². The molecule has 94 valence electrons. The van der Waals surface area contributed by atoms with Gasteiger partial charge in [0.2, 0.25) is 5.84 Å². The average molecular weight is 248 g/mol. The number of alkyl halides is 2. The van der Waals surface area contributed by atoms with Crippen LogP contribution in [-0.2, 0) is 4.74 Å². The SMILES string of the molecule is NC(=NO)c1ncc(OCCOC(F)F)cn1. The third-order valence-electron chi connectivity index (χ3n) is 1.56. The molecule has 0 bridgehead atoms. The molecule has 0 radical (unpaired) electrons. The monoisotopic (exact) mass is 248 g/mol. The van der Waals surface area contributed by atoms with E-state index in [1.54, 1.807) is 0 Å². The van der Waals surface area contributed by atoms with Gasteiger partial charge in [-0.1, -0.05) is 5.16 Å². The zero-order valence-corrected chi connectivity index (χ0v) is 8.58. The summed E-state index contributed by atoms with van der Waals surface area (Å²) in [7, 11) is 0. The molecule has 0 aliphatic carbocycles. The predicted molar refractivity (Wildman–Crippen MR) is 52.0 cm³/mol. The lowest BCUT2D eigenvalue weighted by molar-refractivity contribution is -0.133. The Morgan fingerprint density at radius 1 is 1.41 bits per heavy atom. The van der Waals surface area contributed by atoms with E-state index in [4.69, 9.17) is 15.7 Å². The summed E-state index contributed by atoms with van der Waals surface area (Å²) in [5, 5.41) is 11.1. The Labute approximate surface area is 94.9 Å². The van der Waals surface area contributed by atoms with Crippen LogP contribution in [0.2, 0.25) is 0 Å². The first-order valence-corrected chi connectivity index (χ1v) is 4.46. The minimum atomic E-state index is -2.82. The fraction of sp³-hybridized carbons (Fsp3) is 0.375. The molecular weight excluding hydrogens is 238 g/mol. The van der Waals surface area contributed by atoms with Crippen molar-refractivity contribution in [2.24, 2.45) is 10.9 Å². The Kier molecular flexibility index (Phi) is 5.01. The predicted octanol–water partition coefficient (Wildman–Crippen LogP) is 0.189. The summed E-state index contributed by atoms with van der Waals surface area (Å²) in [6.07, 6.45) is 2.53. The molecule has 0 aliphatic heterocycles. The molecule has 0 saturated heterocycles. The average Bonchev–Trinajstić information content (AvgIpc) is 2.34. The molecule has 1 heterocycles. The number of nitrogens with zero attached hydrogens (tertiary/aromatic N) is 3. The van der Waals surface area contributed by atoms with Gasteiger partial charge in [0, 0.05) is 0 Å². The van der Waals surface area contributed by atoms with Gasteiger partial charge in [0.25, 0.3) is 0 Å². The molecule has 0 aliphatic rings. The highest BCUT2D eigenvalue weighted by atomic mass is 19.3. The lowest BCUT2D eigenvalue weighted by atomic mass is 10.5. The molecule has 0 saturated carbocycles. The van der Waals surface area contributed by atoms with Gasteiger partial charge in [-0.25, -0.2) is 9.97 Å². The van der Waals surface area contributed by atoms with Gasteiger partial charge in [-0.15, -0.1) is 0 Å². The van der Waals surface area contributed by atoms with Crippen LogP contribution in [0.4, 0.5) is 8.78 Å². The van der Waals surface area contributed by atoms with E-state index in [0.717, 1.165) is 0 Å². The van der Waals surface area contributed by atoms with E-state index in [-0.39, 0.29) is 30.6 Å². The highest BCUT2D eigenvalue weighted by molar-refractivity contribution is 5.93. The van der Waals surface area contributed by atoms with Crippen LogP contribution in [0.1, 0.15) is 5.82 Å². The minimum absolute atomic E-state index is 0.0312. The number of oxime groups is 1. The smallest absolute Gasteiger partial charge is 0.345 e. The van der Waals surface area contributed by atoms with Crippen LogP contribution in [0.25, 0.3) is 0 Å². The van der Waals surface area contributed by atoms with Gasteiger partial charge in [-0.05, 0) is 0 Å². The summed E-state index contributed by atoms with van der Waals surface area (Å²) in [5.74, 6) is 0.0543. The molecule has 7 nitrogen and oxygen atoms in total. The molecule has 17 heavy (non-hydrogen) atoms. The highest BCUT2D eigenvalue weighted by Crippen LogP contribution is 2.06. The minimum Gasteiger partial charge on any atom is -0.488 e. The number of aromatic nitrogens is 2. The van der Waals surface area contributed by atoms with E-state index >= 15 is 0 Å². The van der Waals surface area contributed by atoms with Gasteiger partial charge < -0.3 is 20.4 Å². The van der Waals surface area contributed by atoms with E-state index in [1.165, 1.54) is 12.4 Å². The van der Waals surface area contributed by atoms with Crippen molar-refractivity contribution < 1.29 is 23.5 Å². The molecule has 1 aromatic rings. The molecular formula is C8H10F2N4O3. The summed E-state index contributed by atoms with van der Waals surface area (Å²) in [4.78, 5) is 7.44. The summed E-state index contributed by atoms with van der Waals surface area (Å²) >= 11 is 0. The van der Waals surface area contributed by atoms with Crippen molar-refractivity contribution in [2.45, 2.75) is 6.61 Å². The summed E-state index contributed by atoms with van der Waals surface area (Å²) in [6, 6.07) is 0. The van der Waals surface area contributed by atoms with E-state index in [1.807, 2.05) is 0 Å². The van der Waals surface area contributed by atoms with Crippen molar-refractivity contribution in [3.63, 3.8) is 0 Å². The van der Waals surface area contributed by atoms with Crippen LogP contribution in [-0.4, -0.2) is 40.8 Å². The van der Waals surface area contributed by atoms with Gasteiger partial charge in [-0.3, -0.25) is 0 Å². The van der Waals surface area contributed by atoms with Crippen LogP contribution in [0, 0.1) is 0 Å². The lowest BCUT2D eigenvalue weighted by Gasteiger charge is -2.05. The molecule has 0 aromatic carbocycles. The van der Waals surface area contributed by atoms with Crippen molar-refractivity contribution in [3.05, 3.63) is 18.2 Å². The molecule has 0 spiro atoms. The van der Waals surface area contributed by atoms with Crippen molar-refractivity contribution in [1.82, 2.24) is 9.97 Å². The van der Waals surface area contributed by atoms with Crippen molar-refractivity contribution in [3.8, 4) is 5.75 Å². The third-order valence-corrected chi connectivity index (χ3v) is 1.56. The molecule has 1 aromatic heterocycles. The number of hydrogen-bond donors (Lipinski definition) is 2. The van der Waals surface area contributed by atoms with Gasteiger partial charge in [-0.2, -0.15) is 8.78 Å². The Morgan fingerprint density at radius 3 is 2.59 bits per heavy atom. The maximum Gasteiger partial charge on any atom is 0.345 e. The summed E-state index contributed by atoms with van der Waals surface area (Å²) in [6.45, 7) is -3.13. The van der Waals surface area contributed by atoms with Gasteiger partial charge >= 0.3 is 6.61 Å². The summed E-state index contributed by atoms with van der Waals surface area (Å²) in [5.41, 5.74) is 5.23. The fourth-order valence-corrected chi connectivity index (χ4v) is 0.864. The number of hydrogen-bond acceptors (Lipinski definition) is 6. The Hall–Kier alpha value is -2.03. The van der Waals surface area contributed by atoms with Crippen LogP contribution in [0.3, 0.4) is 0 Å². The first-order valence-electron chi connectivity index (χ1n) is 4.46. The maximum absolute atomic E-state index is 11.6. The second kappa shape index (κ2) is 6.53. The van der Waals surface area contributed by atoms with Crippen LogP contribution >= 0.6 is 0 Å². The second-order valence-electron chi connectivity index (χ2n) is 2.71. The third kappa shape index (κ3) is 4.55. The largest absolute Gasteiger partial charge is 0.488 e. The first kappa shape index (κ1) is 13.0. The zero-order chi connectivity index (χ0) is 12.7. The quantitative estimate of drug-likeness (QED) is 0.245. The topological polar surface area (TPSA) is 103 Å². The first-order chi connectivity index (χ1) is 8.13. The Morgan fingerprint density at radius 2 is 2.06 bits per heavy atom. The number of ether oxygens (including phenoxy) is 2. The van der Waals surface area contributed by atoms with Crippen molar-refractivity contribution in [1.29, 1.82) is 0 Å². The van der Waals surface area contributed by atoms with Gasteiger partial charge in [0.1, 0.15) is 6.61 Å². The maximum atomic E-state index is 11.6. The van der Waals surface area contributed by atoms with E-state index in [2.05, 4.69) is 19.9 Å². The standard InChI is InChI=1S/C8H10F2N4O3/c9-8(10)17-2-1-16-5-3-12-7(13-4-5)6(11)14-15/h3-4,8,15H,1-2H2,(H2,11,14). The zero-order valence-electron chi connectivity index (χ0n) is 8.58. The number of rotatable bonds is 6. The molecule has 3 N–H and O–H groups in total. The number of nitrogens with two attached hydrogens (primary N) is 1. The van der Waals surface area contributed by atoms with Gasteiger partial charge in [0.05, 0.1) is 19.0 Å². The van der Waals surface area contributed by atoms with Crippen LogP contribution < -0.4 is 10.5 Å². The molecule has 9 heteroatoms. The van der Waals surface area contributed by atoms with Crippen LogP contribution in [0.15, 0.2) is 17.5 Å². The molecule has 0 fully saturated rings. The lowest BCUT2D eigenvalue weighted by Crippen LogP contribution is -2.17.